The van der Waals surface area contributed by atoms with E-state index in [1.165, 1.54) is 0 Å². The lowest BCUT2D eigenvalue weighted by molar-refractivity contribution is 0.103. The first-order valence-electron chi connectivity index (χ1n) is 5.60. The van der Waals surface area contributed by atoms with Crippen LogP contribution in [0.3, 0.4) is 0 Å². The highest BCUT2D eigenvalue weighted by atomic mass is 16.3. The quantitative estimate of drug-likeness (QED) is 0.650. The Bertz CT molecular complexity index is 555. The highest BCUT2D eigenvalue weighted by Crippen LogP contribution is 2.20. The molecule has 0 unspecified atom stereocenters. The van der Waals surface area contributed by atoms with Gasteiger partial charge in [0.15, 0.2) is 5.78 Å². The van der Waals surface area contributed by atoms with E-state index in [-0.39, 0.29) is 5.78 Å². The molecule has 3 heteroatoms. The molecule has 2 rings (SSSR count). The lowest BCUT2D eigenvalue weighted by Crippen LogP contribution is -2.05. The number of nitrogen functional groups attached to an aromatic ring is 1. The summed E-state index contributed by atoms with van der Waals surface area (Å²) in [6.07, 6.45) is 2.26. The topological polar surface area (TPSA) is 56.2 Å². The molecule has 2 N–H and O–H groups in total. The number of ketones is 1. The van der Waals surface area contributed by atoms with Gasteiger partial charge in [-0.3, -0.25) is 4.79 Å². The fourth-order valence-corrected chi connectivity index (χ4v) is 1.90. The van der Waals surface area contributed by atoms with E-state index >= 15 is 0 Å². The van der Waals surface area contributed by atoms with Gasteiger partial charge < -0.3 is 10.2 Å². The first kappa shape index (κ1) is 11.5. The predicted octanol–water partition coefficient (Wildman–Crippen LogP) is 2.96. The zero-order valence-corrected chi connectivity index (χ0v) is 9.99. The van der Waals surface area contributed by atoms with Crippen LogP contribution in [0.5, 0.6) is 0 Å². The van der Waals surface area contributed by atoms with Crippen molar-refractivity contribution in [3.8, 4) is 0 Å². The molecular formula is C14H15NO2. The third kappa shape index (κ3) is 2.09. The number of hydrogen-bond donors (Lipinski definition) is 1. The first-order valence-corrected chi connectivity index (χ1v) is 5.60. The largest absolute Gasteiger partial charge is 0.469 e. The molecule has 0 aliphatic rings. The molecular weight excluding hydrogens is 214 g/mol. The number of rotatable bonds is 3. The van der Waals surface area contributed by atoms with Gasteiger partial charge in [-0.25, -0.2) is 0 Å². The number of furan rings is 1. The number of carbonyl (C=O) groups is 1. The van der Waals surface area contributed by atoms with Crippen LogP contribution >= 0.6 is 0 Å². The number of anilines is 1. The molecule has 0 amide bonds. The molecule has 1 heterocycles. The van der Waals surface area contributed by atoms with E-state index < -0.39 is 0 Å². The summed E-state index contributed by atoms with van der Waals surface area (Å²) < 4.78 is 5.27. The minimum Gasteiger partial charge on any atom is -0.469 e. The third-order valence-corrected chi connectivity index (χ3v) is 2.81. The molecule has 0 aliphatic heterocycles. The highest BCUT2D eigenvalue weighted by molar-refractivity contribution is 6.10. The molecule has 0 bridgehead atoms. The summed E-state index contributed by atoms with van der Waals surface area (Å²) in [5, 5.41) is 0. The molecule has 0 atom stereocenters. The molecule has 88 valence electrons. The van der Waals surface area contributed by atoms with Crippen molar-refractivity contribution in [2.75, 3.05) is 5.73 Å². The van der Waals surface area contributed by atoms with Gasteiger partial charge in [0, 0.05) is 17.7 Å². The molecule has 2 aromatic rings. The van der Waals surface area contributed by atoms with Crippen LogP contribution in [-0.4, -0.2) is 5.78 Å². The van der Waals surface area contributed by atoms with E-state index in [2.05, 4.69) is 0 Å². The molecule has 1 aromatic heterocycles. The number of benzene rings is 1. The van der Waals surface area contributed by atoms with Crippen LogP contribution in [-0.2, 0) is 6.42 Å². The Kier molecular flexibility index (Phi) is 3.00. The summed E-state index contributed by atoms with van der Waals surface area (Å²) in [4.78, 5) is 12.3. The number of nitrogens with two attached hydrogens (primary N) is 1. The Labute approximate surface area is 100 Å². The van der Waals surface area contributed by atoms with Gasteiger partial charge in [-0.15, -0.1) is 0 Å². The molecule has 0 saturated carbocycles. The number of hydrogen-bond acceptors (Lipinski definition) is 3. The van der Waals surface area contributed by atoms with Crippen molar-refractivity contribution in [1.29, 1.82) is 0 Å². The minimum atomic E-state index is -0.00639. The Morgan fingerprint density at radius 2 is 2.06 bits per heavy atom. The number of carbonyl (C=O) groups excluding carboxylic acids is 1. The van der Waals surface area contributed by atoms with Gasteiger partial charge >= 0.3 is 0 Å². The maximum absolute atomic E-state index is 12.3. The molecule has 17 heavy (non-hydrogen) atoms. The summed E-state index contributed by atoms with van der Waals surface area (Å²) in [6, 6.07) is 7.03. The van der Waals surface area contributed by atoms with E-state index in [0.717, 1.165) is 11.3 Å². The summed E-state index contributed by atoms with van der Waals surface area (Å²) in [7, 11) is 0. The lowest BCUT2D eigenvalue weighted by atomic mass is 9.98. The van der Waals surface area contributed by atoms with Crippen molar-refractivity contribution in [3.63, 3.8) is 0 Å². The van der Waals surface area contributed by atoms with Crippen LogP contribution in [0.4, 0.5) is 5.69 Å². The fraction of sp³-hybridized carbons (Fsp3) is 0.214. The SMILES string of the molecule is CCc1occc1C(=O)c1ccc(N)cc1C. The second-order valence-electron chi connectivity index (χ2n) is 4.01. The predicted molar refractivity (Wildman–Crippen MR) is 67.1 cm³/mol. The maximum Gasteiger partial charge on any atom is 0.196 e. The summed E-state index contributed by atoms with van der Waals surface area (Å²) >= 11 is 0. The molecule has 0 fully saturated rings. The van der Waals surface area contributed by atoms with Crippen molar-refractivity contribution in [2.45, 2.75) is 20.3 Å². The Morgan fingerprint density at radius 3 is 2.71 bits per heavy atom. The average molecular weight is 229 g/mol. The lowest BCUT2D eigenvalue weighted by Gasteiger charge is -2.05. The van der Waals surface area contributed by atoms with E-state index in [1.54, 1.807) is 30.5 Å². The van der Waals surface area contributed by atoms with E-state index in [9.17, 15) is 4.79 Å². The summed E-state index contributed by atoms with van der Waals surface area (Å²) in [6.45, 7) is 3.85. The zero-order chi connectivity index (χ0) is 12.4. The Hall–Kier alpha value is -2.03. The van der Waals surface area contributed by atoms with Crippen LogP contribution < -0.4 is 5.73 Å². The fourth-order valence-electron chi connectivity index (χ4n) is 1.90. The van der Waals surface area contributed by atoms with Crippen molar-refractivity contribution < 1.29 is 9.21 Å². The molecule has 0 aliphatic carbocycles. The summed E-state index contributed by atoms with van der Waals surface area (Å²) in [5.74, 6) is 0.722. The van der Waals surface area contributed by atoms with Crippen molar-refractivity contribution >= 4 is 11.5 Å². The van der Waals surface area contributed by atoms with E-state index in [1.807, 2.05) is 13.8 Å². The Morgan fingerprint density at radius 1 is 1.29 bits per heavy atom. The second-order valence-corrected chi connectivity index (χ2v) is 4.01. The average Bonchev–Trinajstić information content (AvgIpc) is 2.76. The van der Waals surface area contributed by atoms with Crippen molar-refractivity contribution in [2.24, 2.45) is 0 Å². The van der Waals surface area contributed by atoms with Crippen LogP contribution in [0.1, 0.15) is 34.2 Å². The van der Waals surface area contributed by atoms with Gasteiger partial charge in [0.25, 0.3) is 0 Å². The summed E-state index contributed by atoms with van der Waals surface area (Å²) in [5.41, 5.74) is 8.54. The van der Waals surface area contributed by atoms with Crippen molar-refractivity contribution in [1.82, 2.24) is 0 Å². The molecule has 0 saturated heterocycles. The Balaban J connectivity index is 2.44. The molecule has 3 nitrogen and oxygen atoms in total. The van der Waals surface area contributed by atoms with Gasteiger partial charge in [-0.1, -0.05) is 6.92 Å². The van der Waals surface area contributed by atoms with Crippen LogP contribution in [0.25, 0.3) is 0 Å². The van der Waals surface area contributed by atoms with Gasteiger partial charge in [0.1, 0.15) is 5.76 Å². The van der Waals surface area contributed by atoms with Gasteiger partial charge in [-0.05, 0) is 36.8 Å². The van der Waals surface area contributed by atoms with E-state index in [0.29, 0.717) is 23.2 Å². The van der Waals surface area contributed by atoms with Gasteiger partial charge in [-0.2, -0.15) is 0 Å². The normalized spacial score (nSPS) is 10.5. The monoisotopic (exact) mass is 229 g/mol. The number of aryl methyl sites for hydroxylation is 2. The van der Waals surface area contributed by atoms with Gasteiger partial charge in [0.05, 0.1) is 11.8 Å². The van der Waals surface area contributed by atoms with E-state index in [4.69, 9.17) is 10.2 Å². The maximum atomic E-state index is 12.3. The van der Waals surface area contributed by atoms with Crippen LogP contribution in [0, 0.1) is 6.92 Å². The standard InChI is InChI=1S/C14H15NO2/c1-3-13-12(6-7-17-13)14(16)11-5-4-10(15)8-9(11)2/h4-8H,3,15H2,1-2H3. The van der Waals surface area contributed by atoms with Gasteiger partial charge in [0.2, 0.25) is 0 Å². The molecule has 0 spiro atoms. The zero-order valence-electron chi connectivity index (χ0n) is 9.99. The third-order valence-electron chi connectivity index (χ3n) is 2.81. The first-order chi connectivity index (χ1) is 8.13. The highest BCUT2D eigenvalue weighted by Gasteiger charge is 2.16. The molecule has 1 aromatic carbocycles. The van der Waals surface area contributed by atoms with Crippen LogP contribution in [0.2, 0.25) is 0 Å². The smallest absolute Gasteiger partial charge is 0.196 e. The van der Waals surface area contributed by atoms with Crippen LogP contribution in [0.15, 0.2) is 34.9 Å². The van der Waals surface area contributed by atoms with Crippen molar-refractivity contribution in [3.05, 3.63) is 53.0 Å². The molecule has 0 radical (unpaired) electrons. The minimum absolute atomic E-state index is 0.00639. The second kappa shape index (κ2) is 4.45.